The Hall–Kier alpha value is -3.49. The van der Waals surface area contributed by atoms with Crippen molar-refractivity contribution in [3.63, 3.8) is 0 Å². The Kier molecular flexibility index (Phi) is 8.48. The molecule has 0 aliphatic carbocycles. The number of benzene rings is 2. The van der Waals surface area contributed by atoms with Crippen LogP contribution < -0.4 is 0 Å². The van der Waals surface area contributed by atoms with Crippen LogP contribution in [0.5, 0.6) is 0 Å². The number of aliphatic carboxylic acids is 2. The van der Waals surface area contributed by atoms with Crippen LogP contribution in [0.3, 0.4) is 0 Å². The summed E-state index contributed by atoms with van der Waals surface area (Å²) < 4.78 is 16.3. The maximum atomic E-state index is 14.2. The summed E-state index contributed by atoms with van der Waals surface area (Å²) >= 11 is 0. The van der Waals surface area contributed by atoms with E-state index in [1.54, 1.807) is 12.1 Å². The van der Waals surface area contributed by atoms with Crippen LogP contribution in [0.1, 0.15) is 17.4 Å². The minimum absolute atomic E-state index is 0.227. The Morgan fingerprint density at radius 3 is 2.10 bits per heavy atom. The molecule has 0 bridgehead atoms. The lowest BCUT2D eigenvalue weighted by Crippen LogP contribution is -2.22. The van der Waals surface area contributed by atoms with Gasteiger partial charge in [-0.1, -0.05) is 42.5 Å². The average Bonchev–Trinajstić information content (AvgIpc) is 3.17. The van der Waals surface area contributed by atoms with Crippen LogP contribution in [-0.2, 0) is 16.1 Å². The van der Waals surface area contributed by atoms with E-state index in [9.17, 15) is 9.50 Å². The predicted octanol–water partition coefficient (Wildman–Crippen LogP) is 3.09. The van der Waals surface area contributed by atoms with Crippen molar-refractivity contribution in [2.75, 3.05) is 20.6 Å². The Morgan fingerprint density at radius 2 is 1.52 bits per heavy atom. The lowest BCUT2D eigenvalue weighted by atomic mass is 9.99. The first-order chi connectivity index (χ1) is 14.7. The molecule has 0 saturated carbocycles. The van der Waals surface area contributed by atoms with Gasteiger partial charge in [0.2, 0.25) is 0 Å². The molecule has 0 saturated heterocycles. The van der Waals surface area contributed by atoms with Crippen molar-refractivity contribution in [3.8, 4) is 11.1 Å². The molecule has 1 aromatic heterocycles. The minimum Gasteiger partial charge on any atom is -0.473 e. The first-order valence-corrected chi connectivity index (χ1v) is 9.47. The number of rotatable bonds is 6. The van der Waals surface area contributed by atoms with Gasteiger partial charge in [-0.15, -0.1) is 0 Å². The number of aliphatic hydroxyl groups excluding tert-OH is 1. The van der Waals surface area contributed by atoms with Gasteiger partial charge in [0, 0.05) is 30.5 Å². The number of hydrogen-bond donors (Lipinski definition) is 3. The zero-order valence-corrected chi connectivity index (χ0v) is 17.3. The van der Waals surface area contributed by atoms with Crippen LogP contribution in [0.15, 0.2) is 66.9 Å². The molecular formula is C23H25FN2O5. The van der Waals surface area contributed by atoms with E-state index in [-0.39, 0.29) is 5.82 Å². The number of hydrogen-bond acceptors (Lipinski definition) is 4. The second-order valence-corrected chi connectivity index (χ2v) is 7.09. The Labute approximate surface area is 179 Å². The molecule has 7 nitrogen and oxygen atoms in total. The van der Waals surface area contributed by atoms with Gasteiger partial charge >= 0.3 is 11.9 Å². The third-order valence-corrected chi connectivity index (χ3v) is 4.45. The van der Waals surface area contributed by atoms with Gasteiger partial charge in [-0.05, 0) is 43.4 Å². The molecule has 2 aromatic carbocycles. The number of aliphatic hydroxyl groups is 1. The molecule has 3 rings (SSSR count). The minimum atomic E-state index is -1.82. The summed E-state index contributed by atoms with van der Waals surface area (Å²) in [5.41, 5.74) is 3.35. The summed E-state index contributed by atoms with van der Waals surface area (Å²) in [4.78, 5) is 20.2. The number of carboxylic acids is 2. The highest BCUT2D eigenvalue weighted by atomic mass is 19.1. The third-order valence-electron chi connectivity index (χ3n) is 4.45. The summed E-state index contributed by atoms with van der Waals surface area (Å²) in [6.07, 6.45) is 1.39. The van der Waals surface area contributed by atoms with Crippen LogP contribution in [0.4, 0.5) is 4.39 Å². The lowest BCUT2D eigenvalue weighted by molar-refractivity contribution is -0.159. The van der Waals surface area contributed by atoms with Crippen molar-refractivity contribution in [2.45, 2.75) is 12.6 Å². The monoisotopic (exact) mass is 428 g/mol. The van der Waals surface area contributed by atoms with Crippen LogP contribution in [-0.4, -0.2) is 57.4 Å². The van der Waals surface area contributed by atoms with E-state index in [1.807, 2.05) is 72.2 Å². The van der Waals surface area contributed by atoms with Gasteiger partial charge in [0.05, 0.1) is 0 Å². The van der Waals surface area contributed by atoms with E-state index in [4.69, 9.17) is 19.8 Å². The largest absolute Gasteiger partial charge is 0.473 e. The Bertz CT molecular complexity index is 1020. The fourth-order valence-corrected chi connectivity index (χ4v) is 3.10. The fourth-order valence-electron chi connectivity index (χ4n) is 3.10. The van der Waals surface area contributed by atoms with Crippen molar-refractivity contribution >= 4 is 11.9 Å². The average molecular weight is 428 g/mol. The van der Waals surface area contributed by atoms with Gasteiger partial charge in [0.1, 0.15) is 11.9 Å². The highest BCUT2D eigenvalue weighted by molar-refractivity contribution is 6.27. The predicted molar refractivity (Wildman–Crippen MR) is 114 cm³/mol. The fraction of sp³-hybridized carbons (Fsp3) is 0.217. The van der Waals surface area contributed by atoms with Crippen LogP contribution in [0.2, 0.25) is 0 Å². The Balaban J connectivity index is 0.000000501. The SMILES string of the molecule is CN(C)CC(O)c1cccn1Cc1ccccc1-c1ccccc1F.O=C(O)C(=O)O. The van der Waals surface area contributed by atoms with Gasteiger partial charge in [-0.2, -0.15) is 0 Å². The zero-order chi connectivity index (χ0) is 23.0. The van der Waals surface area contributed by atoms with E-state index in [0.717, 1.165) is 16.8 Å². The molecule has 8 heteroatoms. The van der Waals surface area contributed by atoms with Gasteiger partial charge < -0.3 is 24.8 Å². The Morgan fingerprint density at radius 1 is 0.935 bits per heavy atom. The van der Waals surface area contributed by atoms with E-state index in [0.29, 0.717) is 18.7 Å². The summed E-state index contributed by atoms with van der Waals surface area (Å²) in [5, 5.41) is 25.2. The quantitative estimate of drug-likeness (QED) is 0.522. The van der Waals surface area contributed by atoms with E-state index >= 15 is 0 Å². The summed E-state index contributed by atoms with van der Waals surface area (Å²) in [5.74, 6) is -3.87. The molecule has 0 fully saturated rings. The summed E-state index contributed by atoms with van der Waals surface area (Å²) in [7, 11) is 3.87. The highest BCUT2D eigenvalue weighted by Crippen LogP contribution is 2.27. The normalized spacial score (nSPS) is 11.5. The maximum absolute atomic E-state index is 14.2. The highest BCUT2D eigenvalue weighted by Gasteiger charge is 2.15. The van der Waals surface area contributed by atoms with E-state index < -0.39 is 18.0 Å². The number of carboxylic acid groups (broad SMARTS) is 2. The molecule has 1 atom stereocenters. The van der Waals surface area contributed by atoms with Crippen molar-refractivity contribution in [1.82, 2.24) is 9.47 Å². The van der Waals surface area contributed by atoms with Gasteiger partial charge in [0.15, 0.2) is 0 Å². The van der Waals surface area contributed by atoms with Crippen molar-refractivity contribution in [2.24, 2.45) is 0 Å². The first kappa shape index (κ1) is 23.8. The molecule has 3 N–H and O–H groups in total. The third kappa shape index (κ3) is 6.77. The van der Waals surface area contributed by atoms with Gasteiger partial charge in [-0.3, -0.25) is 0 Å². The number of halogens is 1. The number of likely N-dealkylation sites (N-methyl/N-ethyl adjacent to an activating group) is 1. The van der Waals surface area contributed by atoms with E-state index in [2.05, 4.69) is 0 Å². The molecule has 0 aliphatic rings. The smallest absolute Gasteiger partial charge is 0.414 e. The van der Waals surface area contributed by atoms with Gasteiger partial charge in [-0.25, -0.2) is 14.0 Å². The van der Waals surface area contributed by atoms with Crippen LogP contribution in [0.25, 0.3) is 11.1 Å². The molecule has 31 heavy (non-hydrogen) atoms. The maximum Gasteiger partial charge on any atom is 0.414 e. The molecular weight excluding hydrogens is 403 g/mol. The second kappa shape index (κ2) is 11.1. The molecule has 1 unspecified atom stereocenters. The molecule has 0 radical (unpaired) electrons. The molecule has 0 spiro atoms. The molecule has 1 heterocycles. The van der Waals surface area contributed by atoms with E-state index in [1.165, 1.54) is 6.07 Å². The van der Waals surface area contributed by atoms with Gasteiger partial charge in [0.25, 0.3) is 0 Å². The van der Waals surface area contributed by atoms with Crippen molar-refractivity contribution in [1.29, 1.82) is 0 Å². The molecule has 0 aliphatic heterocycles. The zero-order valence-electron chi connectivity index (χ0n) is 17.3. The van der Waals surface area contributed by atoms with Crippen molar-refractivity contribution < 1.29 is 29.3 Å². The molecule has 0 amide bonds. The second-order valence-electron chi connectivity index (χ2n) is 7.09. The standard InChI is InChI=1S/C21H23FN2O.C2H2O4/c1-23(2)15-21(25)20-12-7-13-24(20)14-16-8-3-4-9-17(16)18-10-5-6-11-19(18)22;3-1(4)2(5)6/h3-13,21,25H,14-15H2,1-2H3;(H,3,4)(H,5,6). The van der Waals surface area contributed by atoms with Crippen LogP contribution in [0, 0.1) is 5.82 Å². The summed E-state index contributed by atoms with van der Waals surface area (Å²) in [6.45, 7) is 1.14. The molecule has 164 valence electrons. The summed E-state index contributed by atoms with van der Waals surface area (Å²) in [6, 6.07) is 18.5. The molecule has 3 aromatic rings. The van der Waals surface area contributed by atoms with Crippen molar-refractivity contribution in [3.05, 3.63) is 83.9 Å². The number of nitrogens with zero attached hydrogens (tertiary/aromatic N) is 2. The van der Waals surface area contributed by atoms with Crippen LogP contribution >= 0.6 is 0 Å². The lowest BCUT2D eigenvalue weighted by Gasteiger charge is -2.19. The number of carbonyl (C=O) groups is 2. The topological polar surface area (TPSA) is 103 Å². The first-order valence-electron chi connectivity index (χ1n) is 9.47. The number of aromatic nitrogens is 1.